The third kappa shape index (κ3) is 5.25. The van der Waals surface area contributed by atoms with E-state index in [1.807, 2.05) is 0 Å². The van der Waals surface area contributed by atoms with Gasteiger partial charge in [0.15, 0.2) is 0 Å². The topological polar surface area (TPSA) is 78.5 Å². The molecule has 0 radical (unpaired) electrons. The molecule has 3 rings (SSSR count). The number of hydrogen-bond acceptors (Lipinski definition) is 4. The average Bonchev–Trinajstić information content (AvgIpc) is 3.43. The maximum absolute atomic E-state index is 14.0. The summed E-state index contributed by atoms with van der Waals surface area (Å²) in [6.45, 7) is 3.67. The van der Waals surface area contributed by atoms with Crippen LogP contribution in [0.25, 0.3) is 0 Å². The Balaban J connectivity index is 1.54. The summed E-state index contributed by atoms with van der Waals surface area (Å²) in [5.74, 6) is -1.23. The lowest BCUT2D eigenvalue weighted by molar-refractivity contribution is 0.0951. The number of carbonyl (C=O) groups is 1. The Morgan fingerprint density at radius 3 is 2.62 bits per heavy atom. The summed E-state index contributed by atoms with van der Waals surface area (Å²) in [6.07, 6.45) is 6.11. The van der Waals surface area contributed by atoms with Crippen LogP contribution in [0.4, 0.5) is 4.39 Å². The van der Waals surface area contributed by atoms with Crippen LogP contribution in [-0.2, 0) is 10.0 Å². The average molecular weight is 383 g/mol. The molecular weight excluding hydrogens is 357 g/mol. The van der Waals surface area contributed by atoms with Gasteiger partial charge in [0.05, 0.1) is 0 Å². The highest BCUT2D eigenvalue weighted by Gasteiger charge is 2.30. The van der Waals surface area contributed by atoms with Crippen molar-refractivity contribution in [3.8, 4) is 0 Å². The molecule has 2 N–H and O–H groups in total. The zero-order chi connectivity index (χ0) is 18.6. The SMILES string of the molecule is O=C(NCCCN1CCCCC1)c1ccc(F)c(S(=O)(=O)NC2CC2)c1. The van der Waals surface area contributed by atoms with Crippen molar-refractivity contribution in [3.63, 3.8) is 0 Å². The van der Waals surface area contributed by atoms with Crippen molar-refractivity contribution in [1.82, 2.24) is 14.9 Å². The van der Waals surface area contributed by atoms with E-state index in [2.05, 4.69) is 14.9 Å². The number of likely N-dealkylation sites (tertiary alicyclic amines) is 1. The van der Waals surface area contributed by atoms with Crippen LogP contribution in [0.15, 0.2) is 23.1 Å². The molecule has 0 atom stereocenters. The summed E-state index contributed by atoms with van der Waals surface area (Å²) in [6, 6.07) is 3.34. The van der Waals surface area contributed by atoms with Crippen LogP contribution in [0, 0.1) is 5.82 Å². The number of halogens is 1. The first-order valence-corrected chi connectivity index (χ1v) is 10.8. The molecule has 0 unspecified atom stereocenters. The van der Waals surface area contributed by atoms with E-state index in [-0.39, 0.29) is 17.5 Å². The van der Waals surface area contributed by atoms with E-state index in [9.17, 15) is 17.6 Å². The number of sulfonamides is 1. The molecule has 144 valence electrons. The molecule has 1 aliphatic carbocycles. The summed E-state index contributed by atoms with van der Waals surface area (Å²) >= 11 is 0. The van der Waals surface area contributed by atoms with E-state index in [4.69, 9.17) is 0 Å². The molecule has 0 aromatic heterocycles. The largest absolute Gasteiger partial charge is 0.352 e. The van der Waals surface area contributed by atoms with Gasteiger partial charge in [-0.1, -0.05) is 6.42 Å². The minimum atomic E-state index is -3.94. The van der Waals surface area contributed by atoms with Crippen LogP contribution in [-0.4, -0.2) is 51.4 Å². The quantitative estimate of drug-likeness (QED) is 0.672. The second kappa shape index (κ2) is 8.45. The van der Waals surface area contributed by atoms with Gasteiger partial charge in [0.2, 0.25) is 10.0 Å². The highest BCUT2D eigenvalue weighted by Crippen LogP contribution is 2.24. The molecule has 1 saturated heterocycles. The first-order chi connectivity index (χ1) is 12.5. The van der Waals surface area contributed by atoms with Crippen molar-refractivity contribution in [2.75, 3.05) is 26.2 Å². The molecule has 26 heavy (non-hydrogen) atoms. The zero-order valence-corrected chi connectivity index (χ0v) is 15.7. The lowest BCUT2D eigenvalue weighted by Gasteiger charge is -2.26. The van der Waals surface area contributed by atoms with Crippen molar-refractivity contribution < 1.29 is 17.6 Å². The van der Waals surface area contributed by atoms with Crippen molar-refractivity contribution in [1.29, 1.82) is 0 Å². The Kier molecular flexibility index (Phi) is 6.26. The minimum absolute atomic E-state index is 0.119. The van der Waals surface area contributed by atoms with Crippen molar-refractivity contribution >= 4 is 15.9 Å². The van der Waals surface area contributed by atoms with Crippen LogP contribution in [0.2, 0.25) is 0 Å². The molecule has 1 amide bonds. The van der Waals surface area contributed by atoms with Crippen molar-refractivity contribution in [3.05, 3.63) is 29.6 Å². The standard InChI is InChI=1S/C18H26FN3O3S/c19-16-8-5-14(13-17(16)26(24,25)21-15-6-7-15)18(23)20-9-4-12-22-10-2-1-3-11-22/h5,8,13,15,21H,1-4,6-7,9-12H2,(H,20,23). The van der Waals surface area contributed by atoms with E-state index in [0.717, 1.165) is 51.0 Å². The number of amides is 1. The third-order valence-electron chi connectivity index (χ3n) is 4.77. The maximum atomic E-state index is 14.0. The van der Waals surface area contributed by atoms with Gasteiger partial charge in [-0.25, -0.2) is 17.5 Å². The van der Waals surface area contributed by atoms with Gasteiger partial charge in [0.25, 0.3) is 5.91 Å². The van der Waals surface area contributed by atoms with Crippen molar-refractivity contribution in [2.24, 2.45) is 0 Å². The smallest absolute Gasteiger partial charge is 0.251 e. The molecular formula is C18H26FN3O3S. The predicted octanol–water partition coefficient (Wildman–Crippen LogP) is 1.87. The minimum Gasteiger partial charge on any atom is -0.352 e. The first kappa shape index (κ1) is 19.3. The first-order valence-electron chi connectivity index (χ1n) is 9.28. The lowest BCUT2D eigenvalue weighted by atomic mass is 10.1. The molecule has 2 aliphatic rings. The van der Waals surface area contributed by atoms with Gasteiger partial charge in [-0.3, -0.25) is 4.79 Å². The summed E-state index contributed by atoms with van der Waals surface area (Å²) in [5, 5.41) is 2.79. The monoisotopic (exact) mass is 383 g/mol. The summed E-state index contributed by atoms with van der Waals surface area (Å²) in [4.78, 5) is 14.2. The molecule has 0 spiro atoms. The molecule has 2 fully saturated rings. The molecule has 8 heteroatoms. The Hall–Kier alpha value is -1.51. The predicted molar refractivity (Wildman–Crippen MR) is 97.0 cm³/mol. The van der Waals surface area contributed by atoms with Gasteiger partial charge >= 0.3 is 0 Å². The van der Waals surface area contributed by atoms with Crippen LogP contribution in [0.5, 0.6) is 0 Å². The summed E-state index contributed by atoms with van der Waals surface area (Å²) < 4.78 is 40.8. The lowest BCUT2D eigenvalue weighted by Crippen LogP contribution is -2.33. The Morgan fingerprint density at radius 1 is 1.19 bits per heavy atom. The number of nitrogens with one attached hydrogen (secondary N) is 2. The number of rotatable bonds is 8. The fourth-order valence-electron chi connectivity index (χ4n) is 3.12. The maximum Gasteiger partial charge on any atom is 0.251 e. The van der Waals surface area contributed by atoms with Gasteiger partial charge in [-0.2, -0.15) is 0 Å². The van der Waals surface area contributed by atoms with E-state index in [0.29, 0.717) is 6.54 Å². The molecule has 6 nitrogen and oxygen atoms in total. The molecule has 1 aliphatic heterocycles. The number of piperidine rings is 1. The third-order valence-corrected chi connectivity index (χ3v) is 6.30. The van der Waals surface area contributed by atoms with Gasteiger partial charge in [0, 0.05) is 18.2 Å². The molecule has 1 aromatic rings. The Labute approximate surface area is 154 Å². The second-order valence-electron chi connectivity index (χ2n) is 7.05. The fourth-order valence-corrected chi connectivity index (χ4v) is 4.53. The molecule has 1 saturated carbocycles. The van der Waals surface area contributed by atoms with E-state index in [1.165, 1.54) is 25.3 Å². The summed E-state index contributed by atoms with van der Waals surface area (Å²) in [7, 11) is -3.94. The Bertz CT molecular complexity index is 744. The van der Waals surface area contributed by atoms with Gasteiger partial charge < -0.3 is 10.2 Å². The summed E-state index contributed by atoms with van der Waals surface area (Å²) in [5.41, 5.74) is 0.153. The van der Waals surface area contributed by atoms with Gasteiger partial charge in [-0.05, 0) is 69.9 Å². The van der Waals surface area contributed by atoms with Crippen LogP contribution in [0.1, 0.15) is 48.9 Å². The zero-order valence-electron chi connectivity index (χ0n) is 14.8. The number of hydrogen-bond donors (Lipinski definition) is 2. The van der Waals surface area contributed by atoms with Crippen LogP contribution < -0.4 is 10.0 Å². The van der Waals surface area contributed by atoms with E-state index < -0.39 is 20.7 Å². The van der Waals surface area contributed by atoms with Crippen molar-refractivity contribution in [2.45, 2.75) is 49.5 Å². The molecule has 0 bridgehead atoms. The number of benzene rings is 1. The van der Waals surface area contributed by atoms with Crippen LogP contribution in [0.3, 0.4) is 0 Å². The highest BCUT2D eigenvalue weighted by molar-refractivity contribution is 7.89. The Morgan fingerprint density at radius 2 is 1.92 bits per heavy atom. The number of nitrogens with zero attached hydrogens (tertiary/aromatic N) is 1. The van der Waals surface area contributed by atoms with E-state index in [1.54, 1.807) is 0 Å². The second-order valence-corrected chi connectivity index (χ2v) is 8.73. The van der Waals surface area contributed by atoms with E-state index >= 15 is 0 Å². The van der Waals surface area contributed by atoms with Crippen LogP contribution >= 0.6 is 0 Å². The highest BCUT2D eigenvalue weighted by atomic mass is 32.2. The van der Waals surface area contributed by atoms with Gasteiger partial charge in [-0.15, -0.1) is 0 Å². The fraction of sp³-hybridized carbons (Fsp3) is 0.611. The molecule has 1 aromatic carbocycles. The van der Waals surface area contributed by atoms with Gasteiger partial charge in [0.1, 0.15) is 10.7 Å². The number of carbonyl (C=O) groups excluding carboxylic acids is 1. The normalized spacial score (nSPS) is 18.7. The molecule has 1 heterocycles.